The zero-order valence-electron chi connectivity index (χ0n) is 7.85. The molecule has 1 heterocycles. The number of hydrogen-bond acceptors (Lipinski definition) is 4. The summed E-state index contributed by atoms with van der Waals surface area (Å²) in [6, 6.07) is 4.38. The van der Waals surface area contributed by atoms with Crippen LogP contribution in [0.5, 0.6) is 0 Å². The van der Waals surface area contributed by atoms with E-state index in [1.165, 1.54) is 31.3 Å². The van der Waals surface area contributed by atoms with Crippen molar-refractivity contribution in [2.45, 2.75) is 0 Å². The Labute approximate surface area is 85.0 Å². The van der Waals surface area contributed by atoms with Gasteiger partial charge < -0.3 is 0 Å². The Kier molecular flexibility index (Phi) is 1.95. The molecule has 0 aliphatic carbocycles. The van der Waals surface area contributed by atoms with Gasteiger partial charge in [-0.15, -0.1) is 0 Å². The smallest absolute Gasteiger partial charge is 0.261 e. The van der Waals surface area contributed by atoms with Crippen LogP contribution in [0.3, 0.4) is 0 Å². The molecule has 5 nitrogen and oxygen atoms in total. The molecule has 0 fully saturated rings. The number of nitrogens with zero attached hydrogens (tertiary/aromatic N) is 2. The molecular formula is C10H6N2O3. The van der Waals surface area contributed by atoms with Crippen LogP contribution in [0, 0.1) is 0 Å². The van der Waals surface area contributed by atoms with Crippen molar-refractivity contribution in [3.8, 4) is 0 Å². The number of amides is 2. The van der Waals surface area contributed by atoms with E-state index in [0.29, 0.717) is 11.3 Å². The molecular weight excluding hydrogens is 196 g/mol. The first-order chi connectivity index (χ1) is 7.15. The third-order valence-electron chi connectivity index (χ3n) is 2.25. The minimum atomic E-state index is -0.377. The molecule has 0 aromatic heterocycles. The van der Waals surface area contributed by atoms with Crippen LogP contribution in [0.2, 0.25) is 0 Å². The van der Waals surface area contributed by atoms with Gasteiger partial charge in [0.2, 0.25) is 6.08 Å². The largest absolute Gasteiger partial charge is 0.277 e. The van der Waals surface area contributed by atoms with Gasteiger partial charge in [0.15, 0.2) is 0 Å². The lowest BCUT2D eigenvalue weighted by Gasteiger charge is -2.02. The van der Waals surface area contributed by atoms with Gasteiger partial charge in [-0.1, -0.05) is 0 Å². The van der Waals surface area contributed by atoms with Crippen LogP contribution in [-0.4, -0.2) is 29.8 Å². The first-order valence-electron chi connectivity index (χ1n) is 4.19. The molecule has 2 rings (SSSR count). The Morgan fingerprint density at radius 3 is 2.53 bits per heavy atom. The summed E-state index contributed by atoms with van der Waals surface area (Å²) in [4.78, 5) is 37.4. The summed E-state index contributed by atoms with van der Waals surface area (Å²) in [5.41, 5.74) is 0.937. The van der Waals surface area contributed by atoms with E-state index in [0.717, 1.165) is 4.90 Å². The Morgan fingerprint density at radius 1 is 1.20 bits per heavy atom. The van der Waals surface area contributed by atoms with Gasteiger partial charge in [0.05, 0.1) is 16.8 Å². The standard InChI is InChI=1S/C10H6N2O3/c1-12-9(14)7-3-2-6(11-5-13)4-8(7)10(12)15/h2-4H,1H3. The molecule has 1 aromatic rings. The average molecular weight is 202 g/mol. The maximum absolute atomic E-state index is 11.5. The SMILES string of the molecule is CN1C(=O)c2ccc(N=C=O)cc2C1=O. The quantitative estimate of drug-likeness (QED) is 0.385. The fourth-order valence-corrected chi connectivity index (χ4v) is 1.47. The van der Waals surface area contributed by atoms with Crippen LogP contribution in [0.15, 0.2) is 23.2 Å². The van der Waals surface area contributed by atoms with Gasteiger partial charge in [-0.3, -0.25) is 14.5 Å². The number of aliphatic imine (C=N–C) groups is 1. The molecule has 0 bridgehead atoms. The number of isocyanates is 1. The van der Waals surface area contributed by atoms with E-state index in [1.54, 1.807) is 0 Å². The molecule has 1 aromatic carbocycles. The fourth-order valence-electron chi connectivity index (χ4n) is 1.47. The van der Waals surface area contributed by atoms with Gasteiger partial charge in [0.1, 0.15) is 0 Å². The number of fused-ring (bicyclic) bond motifs is 1. The summed E-state index contributed by atoms with van der Waals surface area (Å²) >= 11 is 0. The van der Waals surface area contributed by atoms with Crippen LogP contribution in [0.25, 0.3) is 0 Å². The molecule has 0 spiro atoms. The number of carbonyl (C=O) groups excluding carboxylic acids is 3. The highest BCUT2D eigenvalue weighted by atomic mass is 16.2. The summed E-state index contributed by atoms with van der Waals surface area (Å²) in [6.45, 7) is 0. The fraction of sp³-hybridized carbons (Fsp3) is 0.100. The van der Waals surface area contributed by atoms with E-state index >= 15 is 0 Å². The molecule has 0 unspecified atom stereocenters. The number of rotatable bonds is 1. The summed E-state index contributed by atoms with van der Waals surface area (Å²) in [6.07, 6.45) is 1.38. The first-order valence-corrected chi connectivity index (χ1v) is 4.19. The zero-order valence-corrected chi connectivity index (χ0v) is 7.85. The molecule has 15 heavy (non-hydrogen) atoms. The number of benzene rings is 1. The summed E-state index contributed by atoms with van der Waals surface area (Å²) < 4.78 is 0. The topological polar surface area (TPSA) is 66.8 Å². The number of carbonyl (C=O) groups is 2. The maximum Gasteiger partial charge on any atom is 0.261 e. The van der Waals surface area contributed by atoms with Crippen molar-refractivity contribution in [3.63, 3.8) is 0 Å². The predicted molar refractivity (Wildman–Crippen MR) is 50.6 cm³/mol. The van der Waals surface area contributed by atoms with E-state index in [4.69, 9.17) is 0 Å². The van der Waals surface area contributed by atoms with Gasteiger partial charge in [0, 0.05) is 7.05 Å². The molecule has 2 amide bonds. The van der Waals surface area contributed by atoms with Crippen LogP contribution < -0.4 is 0 Å². The second-order valence-electron chi connectivity index (χ2n) is 3.10. The Balaban J connectivity index is 2.61. The van der Waals surface area contributed by atoms with Crippen molar-refractivity contribution in [1.29, 1.82) is 0 Å². The molecule has 0 radical (unpaired) electrons. The minimum Gasteiger partial charge on any atom is -0.277 e. The number of hydrogen-bond donors (Lipinski definition) is 0. The molecule has 0 saturated carbocycles. The molecule has 74 valence electrons. The third-order valence-corrected chi connectivity index (χ3v) is 2.25. The normalized spacial score (nSPS) is 13.8. The summed E-state index contributed by atoms with van der Waals surface area (Å²) in [5, 5.41) is 0. The van der Waals surface area contributed by atoms with E-state index in [1.807, 2.05) is 0 Å². The van der Waals surface area contributed by atoms with Crippen molar-refractivity contribution < 1.29 is 14.4 Å². The highest BCUT2D eigenvalue weighted by Gasteiger charge is 2.32. The third kappa shape index (κ3) is 1.26. The van der Waals surface area contributed by atoms with Gasteiger partial charge in [-0.2, -0.15) is 4.99 Å². The first kappa shape index (κ1) is 9.30. The molecule has 1 aliphatic rings. The van der Waals surface area contributed by atoms with Crippen LogP contribution >= 0.6 is 0 Å². The van der Waals surface area contributed by atoms with Crippen molar-refractivity contribution in [3.05, 3.63) is 29.3 Å². The molecule has 0 N–H and O–H groups in total. The maximum atomic E-state index is 11.5. The van der Waals surface area contributed by atoms with Crippen molar-refractivity contribution in [1.82, 2.24) is 4.90 Å². The summed E-state index contributed by atoms with van der Waals surface area (Å²) in [5.74, 6) is -0.713. The van der Waals surface area contributed by atoms with Crippen molar-refractivity contribution in [2.75, 3.05) is 7.05 Å². The molecule has 1 aliphatic heterocycles. The highest BCUT2D eigenvalue weighted by Crippen LogP contribution is 2.25. The number of imide groups is 1. The Morgan fingerprint density at radius 2 is 1.87 bits per heavy atom. The predicted octanol–water partition coefficient (Wildman–Crippen LogP) is 0.880. The van der Waals surface area contributed by atoms with E-state index in [9.17, 15) is 14.4 Å². The lowest BCUT2D eigenvalue weighted by Crippen LogP contribution is -2.24. The highest BCUT2D eigenvalue weighted by molar-refractivity contribution is 6.21. The second-order valence-corrected chi connectivity index (χ2v) is 3.10. The Hall–Kier alpha value is -2.26. The van der Waals surface area contributed by atoms with Crippen molar-refractivity contribution in [2.24, 2.45) is 4.99 Å². The lowest BCUT2D eigenvalue weighted by molar-refractivity contribution is 0.0693. The minimum absolute atomic E-state index is 0.277. The second kappa shape index (κ2) is 3.15. The van der Waals surface area contributed by atoms with Crippen LogP contribution in [0.1, 0.15) is 20.7 Å². The van der Waals surface area contributed by atoms with E-state index in [-0.39, 0.29) is 17.4 Å². The van der Waals surface area contributed by atoms with Gasteiger partial charge in [0.25, 0.3) is 11.8 Å². The van der Waals surface area contributed by atoms with Crippen LogP contribution in [-0.2, 0) is 4.79 Å². The van der Waals surface area contributed by atoms with E-state index < -0.39 is 0 Å². The van der Waals surface area contributed by atoms with Gasteiger partial charge in [-0.05, 0) is 18.2 Å². The Bertz CT molecular complexity index is 515. The van der Waals surface area contributed by atoms with Crippen LogP contribution in [0.4, 0.5) is 5.69 Å². The van der Waals surface area contributed by atoms with Gasteiger partial charge in [-0.25, -0.2) is 4.79 Å². The molecule has 0 saturated heterocycles. The summed E-state index contributed by atoms with van der Waals surface area (Å²) in [7, 11) is 1.41. The van der Waals surface area contributed by atoms with Gasteiger partial charge >= 0.3 is 0 Å². The lowest BCUT2D eigenvalue weighted by atomic mass is 10.1. The molecule has 0 atom stereocenters. The monoisotopic (exact) mass is 202 g/mol. The zero-order chi connectivity index (χ0) is 11.0. The average Bonchev–Trinajstić information content (AvgIpc) is 2.45. The van der Waals surface area contributed by atoms with E-state index in [2.05, 4.69) is 4.99 Å². The van der Waals surface area contributed by atoms with Crippen molar-refractivity contribution >= 4 is 23.6 Å². The molecule has 5 heteroatoms.